The third-order valence-corrected chi connectivity index (χ3v) is 3.39. The third-order valence-electron chi connectivity index (χ3n) is 3.39. The molecule has 0 saturated heterocycles. The van der Waals surface area contributed by atoms with E-state index < -0.39 is 0 Å². The summed E-state index contributed by atoms with van der Waals surface area (Å²) in [5.41, 5.74) is 1.10. The summed E-state index contributed by atoms with van der Waals surface area (Å²) in [5, 5.41) is 12.4. The lowest BCUT2D eigenvalue weighted by molar-refractivity contribution is 0.401. The summed E-state index contributed by atoms with van der Waals surface area (Å²) in [6, 6.07) is 9.30. The molecule has 2 atom stereocenters. The Labute approximate surface area is 115 Å². The van der Waals surface area contributed by atoms with Gasteiger partial charge in [-0.15, -0.1) is 0 Å². The molecular formula is C16H23FN2. The Kier molecular flexibility index (Phi) is 7.14. The zero-order valence-electron chi connectivity index (χ0n) is 11.8. The van der Waals surface area contributed by atoms with Gasteiger partial charge in [0.25, 0.3) is 0 Å². The lowest BCUT2D eigenvalue weighted by Gasteiger charge is -2.24. The van der Waals surface area contributed by atoms with Gasteiger partial charge in [-0.2, -0.15) is 5.26 Å². The molecule has 104 valence electrons. The second-order valence-corrected chi connectivity index (χ2v) is 4.88. The number of hydrogen-bond donors (Lipinski definition) is 1. The molecule has 0 heterocycles. The van der Waals surface area contributed by atoms with Gasteiger partial charge in [0, 0.05) is 12.1 Å². The van der Waals surface area contributed by atoms with Crippen molar-refractivity contribution in [3.8, 4) is 6.07 Å². The number of rotatable bonds is 8. The van der Waals surface area contributed by atoms with Crippen LogP contribution in [0.4, 0.5) is 4.39 Å². The highest BCUT2D eigenvalue weighted by Crippen LogP contribution is 2.21. The van der Waals surface area contributed by atoms with Crippen LogP contribution in [0.5, 0.6) is 0 Å². The maximum atomic E-state index is 13.0. The van der Waals surface area contributed by atoms with Crippen molar-refractivity contribution in [3.05, 3.63) is 35.6 Å². The van der Waals surface area contributed by atoms with Crippen LogP contribution < -0.4 is 5.32 Å². The van der Waals surface area contributed by atoms with E-state index in [1.165, 1.54) is 12.1 Å². The predicted molar refractivity (Wildman–Crippen MR) is 76.1 cm³/mol. The van der Waals surface area contributed by atoms with E-state index >= 15 is 0 Å². The molecule has 0 spiro atoms. The van der Waals surface area contributed by atoms with Crippen LogP contribution in [0.1, 0.15) is 57.6 Å². The predicted octanol–water partition coefficient (Wildman–Crippen LogP) is 4.34. The van der Waals surface area contributed by atoms with Crippen LogP contribution in [0, 0.1) is 17.1 Å². The smallest absolute Gasteiger partial charge is 0.123 e. The fraction of sp³-hybridized carbons (Fsp3) is 0.562. The maximum absolute atomic E-state index is 13.0. The zero-order valence-corrected chi connectivity index (χ0v) is 11.8. The zero-order chi connectivity index (χ0) is 14.1. The molecule has 3 heteroatoms. The van der Waals surface area contributed by atoms with Crippen LogP contribution in [-0.2, 0) is 0 Å². The molecule has 1 aromatic carbocycles. The number of unbranched alkanes of at least 4 members (excludes halogenated alkanes) is 1. The third kappa shape index (κ3) is 5.40. The number of nitriles is 1. The van der Waals surface area contributed by atoms with E-state index in [1.54, 1.807) is 0 Å². The van der Waals surface area contributed by atoms with Crippen LogP contribution in [-0.4, -0.2) is 6.04 Å². The summed E-state index contributed by atoms with van der Waals surface area (Å²) in [6.07, 6.45) is 4.72. The summed E-state index contributed by atoms with van der Waals surface area (Å²) < 4.78 is 13.0. The van der Waals surface area contributed by atoms with Crippen molar-refractivity contribution >= 4 is 0 Å². The van der Waals surface area contributed by atoms with Crippen molar-refractivity contribution < 1.29 is 4.39 Å². The largest absolute Gasteiger partial charge is 0.306 e. The van der Waals surface area contributed by atoms with E-state index in [-0.39, 0.29) is 17.9 Å². The van der Waals surface area contributed by atoms with Crippen molar-refractivity contribution in [2.45, 2.75) is 58.0 Å². The van der Waals surface area contributed by atoms with Gasteiger partial charge in [-0.1, -0.05) is 38.8 Å². The first-order chi connectivity index (χ1) is 9.21. The molecule has 1 rings (SSSR count). The van der Waals surface area contributed by atoms with E-state index in [4.69, 9.17) is 5.26 Å². The van der Waals surface area contributed by atoms with Crippen LogP contribution in [0.15, 0.2) is 24.3 Å². The summed E-state index contributed by atoms with van der Waals surface area (Å²) in [4.78, 5) is 0. The first-order valence-corrected chi connectivity index (χ1v) is 7.09. The summed E-state index contributed by atoms with van der Waals surface area (Å²) in [5.74, 6) is -0.206. The maximum Gasteiger partial charge on any atom is 0.123 e. The van der Waals surface area contributed by atoms with Gasteiger partial charge in [0.1, 0.15) is 5.82 Å². The molecule has 0 radical (unpaired) electrons. The van der Waals surface area contributed by atoms with Gasteiger partial charge in [-0.25, -0.2) is 4.39 Å². The van der Waals surface area contributed by atoms with E-state index in [9.17, 15) is 4.39 Å². The average Bonchev–Trinajstić information content (AvgIpc) is 2.43. The standard InChI is InChI=1S/C16H23FN2/c1-3-5-6-16(19-15(4-2)11-12-18)13-7-9-14(17)10-8-13/h7-10,15-16,19H,3-6,11H2,1-2H3. The lowest BCUT2D eigenvalue weighted by atomic mass is 9.99. The van der Waals surface area contributed by atoms with E-state index in [1.807, 2.05) is 12.1 Å². The van der Waals surface area contributed by atoms with Crippen LogP contribution in [0.2, 0.25) is 0 Å². The summed E-state index contributed by atoms with van der Waals surface area (Å²) >= 11 is 0. The minimum Gasteiger partial charge on any atom is -0.306 e. The summed E-state index contributed by atoms with van der Waals surface area (Å²) in [7, 11) is 0. The van der Waals surface area contributed by atoms with E-state index in [2.05, 4.69) is 25.2 Å². The van der Waals surface area contributed by atoms with Gasteiger partial charge in [-0.3, -0.25) is 0 Å². The fourth-order valence-electron chi connectivity index (χ4n) is 2.17. The number of nitrogens with one attached hydrogen (secondary N) is 1. The van der Waals surface area contributed by atoms with Gasteiger partial charge in [0.2, 0.25) is 0 Å². The van der Waals surface area contributed by atoms with Crippen molar-refractivity contribution in [2.24, 2.45) is 0 Å². The van der Waals surface area contributed by atoms with Gasteiger partial charge in [-0.05, 0) is 30.5 Å². The Morgan fingerprint density at radius 3 is 2.47 bits per heavy atom. The number of halogens is 1. The monoisotopic (exact) mass is 262 g/mol. The molecule has 19 heavy (non-hydrogen) atoms. The highest BCUT2D eigenvalue weighted by Gasteiger charge is 2.15. The molecule has 0 fully saturated rings. The molecule has 2 unspecified atom stereocenters. The molecule has 1 N–H and O–H groups in total. The molecule has 0 aromatic heterocycles. The lowest BCUT2D eigenvalue weighted by Crippen LogP contribution is -2.32. The molecule has 0 aliphatic heterocycles. The topological polar surface area (TPSA) is 35.8 Å². The van der Waals surface area contributed by atoms with Gasteiger partial charge < -0.3 is 5.32 Å². The number of benzene rings is 1. The second kappa shape index (κ2) is 8.66. The quantitative estimate of drug-likeness (QED) is 0.756. The molecule has 1 aromatic rings. The molecule has 0 saturated carbocycles. The van der Waals surface area contributed by atoms with Crippen molar-refractivity contribution in [2.75, 3.05) is 0 Å². The molecule has 2 nitrogen and oxygen atoms in total. The minimum absolute atomic E-state index is 0.205. The number of hydrogen-bond acceptors (Lipinski definition) is 2. The highest BCUT2D eigenvalue weighted by molar-refractivity contribution is 5.20. The average molecular weight is 262 g/mol. The Balaban J connectivity index is 2.76. The highest BCUT2D eigenvalue weighted by atomic mass is 19.1. The second-order valence-electron chi connectivity index (χ2n) is 4.88. The van der Waals surface area contributed by atoms with Crippen molar-refractivity contribution in [1.82, 2.24) is 5.32 Å². The Morgan fingerprint density at radius 1 is 1.26 bits per heavy atom. The van der Waals surface area contributed by atoms with E-state index in [0.717, 1.165) is 31.2 Å². The molecular weight excluding hydrogens is 239 g/mol. The number of nitrogens with zero attached hydrogens (tertiary/aromatic N) is 1. The Bertz CT molecular complexity index is 394. The van der Waals surface area contributed by atoms with Crippen molar-refractivity contribution in [1.29, 1.82) is 5.26 Å². The van der Waals surface area contributed by atoms with Crippen molar-refractivity contribution in [3.63, 3.8) is 0 Å². The Morgan fingerprint density at radius 2 is 1.95 bits per heavy atom. The summed E-state index contributed by atoms with van der Waals surface area (Å²) in [6.45, 7) is 4.24. The van der Waals surface area contributed by atoms with Crippen LogP contribution in [0.25, 0.3) is 0 Å². The van der Waals surface area contributed by atoms with Gasteiger partial charge in [0.15, 0.2) is 0 Å². The molecule has 0 amide bonds. The SMILES string of the molecule is CCCCC(NC(CC)CC#N)c1ccc(F)cc1. The molecule has 0 aliphatic carbocycles. The fourth-order valence-corrected chi connectivity index (χ4v) is 2.17. The molecule has 0 aliphatic rings. The Hall–Kier alpha value is -1.40. The van der Waals surface area contributed by atoms with Gasteiger partial charge in [0.05, 0.1) is 12.5 Å². The first-order valence-electron chi connectivity index (χ1n) is 7.09. The minimum atomic E-state index is -0.206. The van der Waals surface area contributed by atoms with E-state index in [0.29, 0.717) is 6.42 Å². The van der Waals surface area contributed by atoms with Crippen LogP contribution in [0.3, 0.4) is 0 Å². The molecule has 0 bridgehead atoms. The first kappa shape index (κ1) is 15.7. The van der Waals surface area contributed by atoms with Crippen LogP contribution >= 0.6 is 0 Å². The van der Waals surface area contributed by atoms with Gasteiger partial charge >= 0.3 is 0 Å². The normalized spacial score (nSPS) is 13.8.